The van der Waals surface area contributed by atoms with Crippen LogP contribution in [0, 0.1) is 0 Å². The highest BCUT2D eigenvalue weighted by Crippen LogP contribution is 2.29. The molecule has 0 unspecified atom stereocenters. The van der Waals surface area contributed by atoms with Crippen molar-refractivity contribution in [3.8, 4) is 0 Å². The molecule has 1 heterocycles. The molecule has 4 nitrogen and oxygen atoms in total. The van der Waals surface area contributed by atoms with Crippen LogP contribution in [0.5, 0.6) is 0 Å². The van der Waals surface area contributed by atoms with Crippen molar-refractivity contribution >= 4 is 35.1 Å². The van der Waals surface area contributed by atoms with Crippen LogP contribution < -0.4 is 0 Å². The van der Waals surface area contributed by atoms with Gasteiger partial charge in [0.2, 0.25) is 0 Å². The zero-order chi connectivity index (χ0) is 12.4. The molecule has 0 aliphatic carbocycles. The van der Waals surface area contributed by atoms with Crippen molar-refractivity contribution in [2.75, 3.05) is 0 Å². The zero-order valence-corrected chi connectivity index (χ0v) is 9.86. The van der Waals surface area contributed by atoms with Crippen molar-refractivity contribution in [2.24, 2.45) is 0 Å². The molecule has 0 amide bonds. The summed E-state index contributed by atoms with van der Waals surface area (Å²) in [5.41, 5.74) is 0.330. The fourth-order valence-corrected chi connectivity index (χ4v) is 1.52. The van der Waals surface area contributed by atoms with Gasteiger partial charge in [-0.3, -0.25) is 0 Å². The number of hydrogen-bond donors (Lipinski definition) is 0. The van der Waals surface area contributed by atoms with Crippen molar-refractivity contribution in [1.29, 1.82) is 0 Å². The number of rotatable bonds is 2. The lowest BCUT2D eigenvalue weighted by atomic mass is 10.2. The molecule has 88 valence electrons. The molecule has 0 fully saturated rings. The Bertz CT molecular complexity index is 495. The van der Waals surface area contributed by atoms with E-state index in [1.165, 1.54) is 0 Å². The van der Waals surface area contributed by atoms with Crippen molar-refractivity contribution < 1.29 is 19.1 Å². The molecular weight excluding hydrogens is 267 g/mol. The molecule has 0 spiro atoms. The van der Waals surface area contributed by atoms with Crippen LogP contribution in [-0.4, -0.2) is 18.2 Å². The molecule has 1 aromatic rings. The van der Waals surface area contributed by atoms with Gasteiger partial charge in [0.05, 0.1) is 5.56 Å². The van der Waals surface area contributed by atoms with Crippen molar-refractivity contribution in [1.82, 2.24) is 0 Å². The topological polar surface area (TPSA) is 52.6 Å². The number of carbonyl (C=O) groups is 2. The Balaban J connectivity index is 2.09. The van der Waals surface area contributed by atoms with E-state index in [1.54, 1.807) is 30.3 Å². The maximum atomic E-state index is 11.6. The SMILES string of the molecule is O=C1O[C@H](OC(=O)c2ccccc2)C(Cl)=C1Cl. The first kappa shape index (κ1) is 12.0. The molecule has 6 heteroatoms. The zero-order valence-electron chi connectivity index (χ0n) is 8.35. The van der Waals surface area contributed by atoms with Crippen LogP contribution in [0.1, 0.15) is 10.4 Å². The second-order valence-corrected chi connectivity index (χ2v) is 3.96. The Labute approximate surface area is 107 Å². The van der Waals surface area contributed by atoms with Crippen LogP contribution in [-0.2, 0) is 14.3 Å². The number of cyclic esters (lactones) is 1. The van der Waals surface area contributed by atoms with Gasteiger partial charge in [0.15, 0.2) is 0 Å². The molecule has 0 bridgehead atoms. The lowest BCUT2D eigenvalue weighted by molar-refractivity contribution is -0.151. The van der Waals surface area contributed by atoms with Gasteiger partial charge >= 0.3 is 11.9 Å². The lowest BCUT2D eigenvalue weighted by Crippen LogP contribution is -2.19. The highest BCUT2D eigenvalue weighted by molar-refractivity contribution is 6.48. The van der Waals surface area contributed by atoms with Gasteiger partial charge in [0.25, 0.3) is 6.29 Å². The molecule has 1 atom stereocenters. The summed E-state index contributed by atoms with van der Waals surface area (Å²) in [5.74, 6) is -1.45. The maximum absolute atomic E-state index is 11.6. The summed E-state index contributed by atoms with van der Waals surface area (Å²) >= 11 is 11.2. The lowest BCUT2D eigenvalue weighted by Gasteiger charge is -2.11. The number of benzene rings is 1. The minimum atomic E-state index is -1.26. The highest BCUT2D eigenvalue weighted by Gasteiger charge is 2.35. The number of hydrogen-bond acceptors (Lipinski definition) is 4. The number of halogens is 2. The van der Waals surface area contributed by atoms with Crippen molar-refractivity contribution in [2.45, 2.75) is 6.29 Å². The van der Waals surface area contributed by atoms with Gasteiger partial charge in [-0.25, -0.2) is 9.59 Å². The van der Waals surface area contributed by atoms with Crippen LogP contribution in [0.25, 0.3) is 0 Å². The summed E-state index contributed by atoms with van der Waals surface area (Å²) in [6.45, 7) is 0. The van der Waals surface area contributed by atoms with Gasteiger partial charge in [0, 0.05) is 0 Å². The first-order chi connectivity index (χ1) is 8.09. The summed E-state index contributed by atoms with van der Waals surface area (Å²) in [6, 6.07) is 8.26. The molecule has 0 saturated carbocycles. The largest absolute Gasteiger partial charge is 0.416 e. The third kappa shape index (κ3) is 2.43. The van der Waals surface area contributed by atoms with Crippen LogP contribution in [0.3, 0.4) is 0 Å². The van der Waals surface area contributed by atoms with E-state index in [1.807, 2.05) is 0 Å². The first-order valence-electron chi connectivity index (χ1n) is 4.62. The third-order valence-electron chi connectivity index (χ3n) is 2.03. The third-order valence-corrected chi connectivity index (χ3v) is 2.86. The summed E-state index contributed by atoms with van der Waals surface area (Å²) in [4.78, 5) is 22.6. The minimum absolute atomic E-state index is 0.124. The molecule has 2 rings (SSSR count). The summed E-state index contributed by atoms with van der Waals surface area (Å²) in [7, 11) is 0. The normalized spacial score (nSPS) is 19.2. The van der Waals surface area contributed by atoms with E-state index in [9.17, 15) is 9.59 Å². The van der Waals surface area contributed by atoms with Gasteiger partial charge in [-0.05, 0) is 12.1 Å². The monoisotopic (exact) mass is 272 g/mol. The molecule has 1 aromatic carbocycles. The van der Waals surface area contributed by atoms with E-state index >= 15 is 0 Å². The Morgan fingerprint density at radius 3 is 2.41 bits per heavy atom. The number of ether oxygens (including phenoxy) is 2. The van der Waals surface area contributed by atoms with Crippen molar-refractivity contribution in [3.05, 3.63) is 46.0 Å². The Hall–Kier alpha value is -1.52. The predicted octanol–water partition coefficient (Wildman–Crippen LogP) is 2.42. The molecule has 0 saturated heterocycles. The Morgan fingerprint density at radius 1 is 1.24 bits per heavy atom. The average molecular weight is 273 g/mol. The second kappa shape index (κ2) is 4.77. The number of esters is 2. The fraction of sp³-hybridized carbons (Fsp3) is 0.0909. The van der Waals surface area contributed by atoms with E-state index in [4.69, 9.17) is 27.9 Å². The molecule has 1 aliphatic heterocycles. The summed E-state index contributed by atoms with van der Waals surface area (Å²) < 4.78 is 9.55. The molecule has 1 aliphatic rings. The quantitative estimate of drug-likeness (QED) is 0.776. The van der Waals surface area contributed by atoms with Gasteiger partial charge < -0.3 is 9.47 Å². The Kier molecular flexibility index (Phi) is 3.36. The standard InChI is InChI=1S/C11H6Cl2O4/c12-7-8(13)11(17-10(7)15)16-9(14)6-4-2-1-3-5-6/h1-5,11H/t11-/m0/s1. The van der Waals surface area contributed by atoms with Crippen molar-refractivity contribution in [3.63, 3.8) is 0 Å². The highest BCUT2D eigenvalue weighted by atomic mass is 35.5. The van der Waals surface area contributed by atoms with E-state index in [0.29, 0.717) is 5.56 Å². The molecule has 0 aromatic heterocycles. The fourth-order valence-electron chi connectivity index (χ4n) is 1.22. The Morgan fingerprint density at radius 2 is 1.88 bits per heavy atom. The molecular formula is C11H6Cl2O4. The molecule has 0 radical (unpaired) electrons. The predicted molar refractivity (Wildman–Crippen MR) is 60.5 cm³/mol. The summed E-state index contributed by atoms with van der Waals surface area (Å²) in [5, 5.41) is -0.390. The van der Waals surface area contributed by atoms with Crippen LogP contribution in [0.4, 0.5) is 0 Å². The van der Waals surface area contributed by atoms with Gasteiger partial charge in [0.1, 0.15) is 10.1 Å². The van der Waals surface area contributed by atoms with Crippen LogP contribution in [0.15, 0.2) is 40.4 Å². The molecule has 17 heavy (non-hydrogen) atoms. The average Bonchev–Trinajstić information content (AvgIpc) is 2.58. The van der Waals surface area contributed by atoms with E-state index in [0.717, 1.165) is 0 Å². The van der Waals surface area contributed by atoms with E-state index < -0.39 is 18.2 Å². The minimum Gasteiger partial charge on any atom is -0.416 e. The van der Waals surface area contributed by atoms with Gasteiger partial charge in [-0.15, -0.1) is 0 Å². The molecule has 0 N–H and O–H groups in total. The van der Waals surface area contributed by atoms with Crippen LogP contribution in [0.2, 0.25) is 0 Å². The smallest absolute Gasteiger partial charge is 0.354 e. The second-order valence-electron chi connectivity index (χ2n) is 3.17. The number of carbonyl (C=O) groups excluding carboxylic acids is 2. The van der Waals surface area contributed by atoms with E-state index in [-0.39, 0.29) is 10.1 Å². The van der Waals surface area contributed by atoms with E-state index in [2.05, 4.69) is 4.74 Å². The van der Waals surface area contributed by atoms with Crippen LogP contribution >= 0.6 is 23.2 Å². The van der Waals surface area contributed by atoms with Gasteiger partial charge in [-0.1, -0.05) is 41.4 Å². The maximum Gasteiger partial charge on any atom is 0.354 e. The first-order valence-corrected chi connectivity index (χ1v) is 5.37. The van der Waals surface area contributed by atoms with Gasteiger partial charge in [-0.2, -0.15) is 0 Å². The summed E-state index contributed by atoms with van der Waals surface area (Å²) in [6.07, 6.45) is -1.26.